The van der Waals surface area contributed by atoms with Gasteiger partial charge >= 0.3 is 0 Å². The molecule has 0 aliphatic heterocycles. The summed E-state index contributed by atoms with van der Waals surface area (Å²) in [6.45, 7) is 0. The molecule has 2 nitrogen and oxygen atoms in total. The van der Waals surface area contributed by atoms with Crippen molar-refractivity contribution in [2.45, 2.75) is 23.1 Å². The molecule has 2 atom stereocenters. The predicted octanol–water partition coefficient (Wildman–Crippen LogP) is 3.10. The molecular formula is C13H12Cl2O2. The van der Waals surface area contributed by atoms with Crippen LogP contribution in [0.4, 0.5) is 0 Å². The third-order valence-electron chi connectivity index (χ3n) is 3.85. The minimum Gasteiger partial charge on any atom is -0.497 e. The number of halogens is 2. The zero-order chi connectivity index (χ0) is 12.2. The summed E-state index contributed by atoms with van der Waals surface area (Å²) in [6.07, 6.45) is 1.37. The highest BCUT2D eigenvalue weighted by molar-refractivity contribution is 6.59. The maximum absolute atomic E-state index is 11.8. The summed E-state index contributed by atoms with van der Waals surface area (Å²) in [5, 5.41) is 0. The highest BCUT2D eigenvalue weighted by Crippen LogP contribution is 2.57. The Labute approximate surface area is 110 Å². The van der Waals surface area contributed by atoms with Gasteiger partial charge in [-0.15, -0.1) is 0 Å². The maximum atomic E-state index is 11.8. The molecule has 1 saturated carbocycles. The van der Waals surface area contributed by atoms with Crippen molar-refractivity contribution in [1.82, 2.24) is 0 Å². The first-order valence-electron chi connectivity index (χ1n) is 5.62. The average molecular weight is 271 g/mol. The predicted molar refractivity (Wildman–Crippen MR) is 67.0 cm³/mol. The second-order valence-corrected chi connectivity index (χ2v) is 6.14. The van der Waals surface area contributed by atoms with Crippen LogP contribution in [0.25, 0.3) is 0 Å². The fraction of sp³-hybridized carbons (Fsp3) is 0.462. The largest absolute Gasteiger partial charge is 0.497 e. The number of hydrogen-bond acceptors (Lipinski definition) is 2. The Morgan fingerprint density at radius 3 is 2.82 bits per heavy atom. The van der Waals surface area contributed by atoms with Gasteiger partial charge in [0, 0.05) is 12.3 Å². The van der Waals surface area contributed by atoms with E-state index in [1.165, 1.54) is 5.56 Å². The van der Waals surface area contributed by atoms with E-state index < -0.39 is 4.33 Å². The van der Waals surface area contributed by atoms with E-state index in [0.717, 1.165) is 17.7 Å². The molecule has 1 aromatic rings. The zero-order valence-electron chi connectivity index (χ0n) is 9.37. The van der Waals surface area contributed by atoms with Gasteiger partial charge in [-0.05, 0) is 35.6 Å². The molecule has 0 amide bonds. The number of ether oxygens (including phenoxy) is 1. The van der Waals surface area contributed by atoms with Crippen LogP contribution in [0.15, 0.2) is 18.2 Å². The number of hydrogen-bond donors (Lipinski definition) is 0. The van der Waals surface area contributed by atoms with Crippen LogP contribution in [-0.4, -0.2) is 17.2 Å². The van der Waals surface area contributed by atoms with Crippen LogP contribution in [-0.2, 0) is 11.2 Å². The Balaban J connectivity index is 2.10. The van der Waals surface area contributed by atoms with E-state index in [1.54, 1.807) is 7.11 Å². The van der Waals surface area contributed by atoms with Crippen LogP contribution < -0.4 is 4.74 Å². The fourth-order valence-corrected chi connectivity index (χ4v) is 3.80. The SMILES string of the molecule is COc1ccc2c(c1)[C@@H]1[C@@H](CC(=O)C1(Cl)Cl)C2. The van der Waals surface area contributed by atoms with E-state index in [9.17, 15) is 4.79 Å². The lowest BCUT2D eigenvalue weighted by Crippen LogP contribution is -2.25. The number of carbonyl (C=O) groups excluding carboxylic acids is 1. The van der Waals surface area contributed by atoms with Crippen molar-refractivity contribution in [2.75, 3.05) is 7.11 Å². The van der Waals surface area contributed by atoms with E-state index in [4.69, 9.17) is 27.9 Å². The summed E-state index contributed by atoms with van der Waals surface area (Å²) >= 11 is 12.4. The van der Waals surface area contributed by atoms with Crippen molar-refractivity contribution in [3.8, 4) is 5.75 Å². The molecule has 3 rings (SSSR count). The quantitative estimate of drug-likeness (QED) is 0.734. The van der Waals surface area contributed by atoms with Crippen molar-refractivity contribution in [1.29, 1.82) is 0 Å². The average Bonchev–Trinajstić information content (AvgIpc) is 2.74. The normalized spacial score (nSPS) is 29.0. The second kappa shape index (κ2) is 3.63. The molecule has 0 N–H and O–H groups in total. The van der Waals surface area contributed by atoms with Crippen molar-refractivity contribution in [3.05, 3.63) is 29.3 Å². The molecule has 2 aliphatic carbocycles. The molecule has 0 heterocycles. The summed E-state index contributed by atoms with van der Waals surface area (Å²) in [7, 11) is 1.63. The molecule has 1 fully saturated rings. The van der Waals surface area contributed by atoms with Crippen LogP contribution in [0.5, 0.6) is 5.75 Å². The summed E-state index contributed by atoms with van der Waals surface area (Å²) < 4.78 is 3.95. The Morgan fingerprint density at radius 2 is 2.12 bits per heavy atom. The van der Waals surface area contributed by atoms with Crippen LogP contribution in [0.1, 0.15) is 23.5 Å². The third-order valence-corrected chi connectivity index (χ3v) is 4.74. The number of benzene rings is 1. The number of rotatable bonds is 1. The summed E-state index contributed by atoms with van der Waals surface area (Å²) in [4.78, 5) is 11.8. The van der Waals surface area contributed by atoms with Crippen LogP contribution in [0.2, 0.25) is 0 Å². The smallest absolute Gasteiger partial charge is 0.182 e. The van der Waals surface area contributed by atoms with Gasteiger partial charge in [0.15, 0.2) is 10.1 Å². The summed E-state index contributed by atoms with van der Waals surface area (Å²) in [5.41, 5.74) is 2.31. The zero-order valence-corrected chi connectivity index (χ0v) is 10.9. The first kappa shape index (κ1) is 11.4. The number of fused-ring (bicyclic) bond motifs is 3. The number of methoxy groups -OCH3 is 1. The Morgan fingerprint density at radius 1 is 1.35 bits per heavy atom. The molecule has 0 bridgehead atoms. The molecule has 4 heteroatoms. The van der Waals surface area contributed by atoms with E-state index in [1.807, 2.05) is 18.2 Å². The molecule has 0 aromatic heterocycles. The van der Waals surface area contributed by atoms with Gasteiger partial charge in [-0.2, -0.15) is 0 Å². The molecule has 17 heavy (non-hydrogen) atoms. The molecule has 0 spiro atoms. The number of carbonyl (C=O) groups is 1. The van der Waals surface area contributed by atoms with Gasteiger partial charge < -0.3 is 4.74 Å². The first-order valence-corrected chi connectivity index (χ1v) is 6.37. The van der Waals surface area contributed by atoms with Gasteiger partial charge in [-0.3, -0.25) is 4.79 Å². The van der Waals surface area contributed by atoms with E-state index in [0.29, 0.717) is 6.42 Å². The highest BCUT2D eigenvalue weighted by Gasteiger charge is 2.56. The van der Waals surface area contributed by atoms with Gasteiger partial charge in [-0.25, -0.2) is 0 Å². The summed E-state index contributed by atoms with van der Waals surface area (Å²) in [5.74, 6) is 0.903. The minimum absolute atomic E-state index is 0.0516. The lowest BCUT2D eigenvalue weighted by Gasteiger charge is -2.21. The van der Waals surface area contributed by atoms with Gasteiger partial charge in [0.25, 0.3) is 0 Å². The fourth-order valence-electron chi connectivity index (χ4n) is 3.06. The van der Waals surface area contributed by atoms with Crippen molar-refractivity contribution in [2.24, 2.45) is 5.92 Å². The maximum Gasteiger partial charge on any atom is 0.182 e. The van der Waals surface area contributed by atoms with Gasteiger partial charge in [-0.1, -0.05) is 29.3 Å². The monoisotopic (exact) mass is 270 g/mol. The third kappa shape index (κ3) is 1.50. The topological polar surface area (TPSA) is 26.3 Å². The van der Waals surface area contributed by atoms with E-state index in [2.05, 4.69) is 0 Å². The van der Waals surface area contributed by atoms with Gasteiger partial charge in [0.05, 0.1) is 7.11 Å². The first-order chi connectivity index (χ1) is 8.04. The summed E-state index contributed by atoms with van der Waals surface area (Å²) in [6, 6.07) is 5.94. The number of alkyl halides is 2. The molecule has 1 aromatic carbocycles. The Bertz CT molecular complexity index is 496. The second-order valence-electron chi connectivity index (χ2n) is 4.76. The van der Waals surface area contributed by atoms with Crippen molar-refractivity contribution in [3.63, 3.8) is 0 Å². The lowest BCUT2D eigenvalue weighted by atomic mass is 9.95. The molecule has 0 radical (unpaired) electrons. The molecule has 2 aliphatic rings. The van der Waals surface area contributed by atoms with Gasteiger partial charge in [0.1, 0.15) is 5.75 Å². The van der Waals surface area contributed by atoms with Crippen LogP contribution in [0, 0.1) is 5.92 Å². The van der Waals surface area contributed by atoms with Gasteiger partial charge in [0.2, 0.25) is 0 Å². The number of ketones is 1. The van der Waals surface area contributed by atoms with Crippen molar-refractivity contribution < 1.29 is 9.53 Å². The molecule has 0 saturated heterocycles. The number of Topliss-reactive ketones (excluding diaryl/α,β-unsaturated/α-hetero) is 1. The molecule has 0 unspecified atom stereocenters. The Kier molecular flexibility index (Phi) is 2.43. The molecular weight excluding hydrogens is 259 g/mol. The van der Waals surface area contributed by atoms with Crippen LogP contribution in [0.3, 0.4) is 0 Å². The lowest BCUT2D eigenvalue weighted by molar-refractivity contribution is -0.118. The highest BCUT2D eigenvalue weighted by atomic mass is 35.5. The standard InChI is InChI=1S/C13H12Cl2O2/c1-17-9-3-2-7-4-8-5-11(16)13(14,15)12(8)10(7)6-9/h2-3,6,8,12H,4-5H2,1H3/t8-,12+/m1/s1. The van der Waals surface area contributed by atoms with Crippen LogP contribution >= 0.6 is 23.2 Å². The molecule has 90 valence electrons. The van der Waals surface area contributed by atoms with E-state index >= 15 is 0 Å². The van der Waals surface area contributed by atoms with Crippen molar-refractivity contribution >= 4 is 29.0 Å². The minimum atomic E-state index is -1.26. The van der Waals surface area contributed by atoms with E-state index in [-0.39, 0.29) is 17.6 Å². The Hall–Kier alpha value is -0.730.